The highest BCUT2D eigenvalue weighted by Gasteiger charge is 2.20. The zero-order valence-corrected chi connectivity index (χ0v) is 36.4. The van der Waals surface area contributed by atoms with Gasteiger partial charge in [-0.2, -0.15) is 0 Å². The first-order valence-electron chi connectivity index (χ1n) is 23.7. The van der Waals surface area contributed by atoms with E-state index in [-0.39, 0.29) is 18.5 Å². The first-order chi connectivity index (χ1) is 27.0. The summed E-state index contributed by atoms with van der Waals surface area (Å²) in [6, 6.07) is -0.560. The van der Waals surface area contributed by atoms with Crippen molar-refractivity contribution < 1.29 is 24.5 Å². The average molecular weight is 774 g/mol. The second-order valence-corrected chi connectivity index (χ2v) is 16.1. The van der Waals surface area contributed by atoms with Gasteiger partial charge in [-0.1, -0.05) is 179 Å². The predicted molar refractivity (Wildman–Crippen MR) is 236 cm³/mol. The third-order valence-corrected chi connectivity index (χ3v) is 10.7. The molecule has 1 amide bonds. The molecule has 2 atom stereocenters. The van der Waals surface area contributed by atoms with Gasteiger partial charge in [-0.3, -0.25) is 9.59 Å². The van der Waals surface area contributed by atoms with Crippen molar-refractivity contribution in [2.24, 2.45) is 0 Å². The molecule has 6 heteroatoms. The lowest BCUT2D eigenvalue weighted by atomic mass is 10.0. The fourth-order valence-electron chi connectivity index (χ4n) is 6.96. The van der Waals surface area contributed by atoms with Gasteiger partial charge in [0.25, 0.3) is 0 Å². The van der Waals surface area contributed by atoms with E-state index in [9.17, 15) is 19.8 Å². The number of carbonyl (C=O) groups is 2. The first-order valence-corrected chi connectivity index (χ1v) is 23.7. The van der Waals surface area contributed by atoms with Crippen LogP contribution in [0.1, 0.15) is 239 Å². The van der Waals surface area contributed by atoms with Crippen LogP contribution in [0.5, 0.6) is 0 Å². The largest absolute Gasteiger partial charge is 0.466 e. The minimum Gasteiger partial charge on any atom is -0.466 e. The van der Waals surface area contributed by atoms with Crippen molar-refractivity contribution >= 4 is 11.9 Å². The molecule has 0 aliphatic rings. The number of ether oxygens (including phenoxy) is 1. The van der Waals surface area contributed by atoms with Gasteiger partial charge < -0.3 is 20.3 Å². The van der Waals surface area contributed by atoms with E-state index >= 15 is 0 Å². The number of esters is 1. The van der Waals surface area contributed by atoms with Crippen LogP contribution in [0.15, 0.2) is 36.5 Å². The summed E-state index contributed by atoms with van der Waals surface area (Å²) in [6.07, 6.45) is 52.5. The summed E-state index contributed by atoms with van der Waals surface area (Å²) in [7, 11) is 0. The van der Waals surface area contributed by atoms with Crippen LogP contribution in [0, 0.1) is 0 Å². The minimum atomic E-state index is -0.680. The molecule has 55 heavy (non-hydrogen) atoms. The maximum Gasteiger partial charge on any atom is 0.305 e. The van der Waals surface area contributed by atoms with Crippen molar-refractivity contribution in [3.8, 4) is 0 Å². The molecule has 2 unspecified atom stereocenters. The Bertz CT molecular complexity index is 900. The molecule has 0 fully saturated rings. The fourth-order valence-corrected chi connectivity index (χ4v) is 6.96. The van der Waals surface area contributed by atoms with E-state index < -0.39 is 12.1 Å². The number of nitrogens with one attached hydrogen (secondary N) is 1. The molecule has 322 valence electrons. The van der Waals surface area contributed by atoms with Gasteiger partial charge in [0.15, 0.2) is 0 Å². The second kappa shape index (κ2) is 44.8. The molecule has 0 aliphatic heterocycles. The van der Waals surface area contributed by atoms with Crippen LogP contribution in [-0.2, 0) is 14.3 Å². The first kappa shape index (κ1) is 53.1. The van der Waals surface area contributed by atoms with Crippen molar-refractivity contribution in [2.75, 3.05) is 13.2 Å². The lowest BCUT2D eigenvalue weighted by Gasteiger charge is -2.22. The van der Waals surface area contributed by atoms with E-state index in [1.54, 1.807) is 0 Å². The molecule has 0 aromatic carbocycles. The number of carbonyl (C=O) groups excluding carboxylic acids is 2. The van der Waals surface area contributed by atoms with E-state index in [0.29, 0.717) is 25.9 Å². The summed E-state index contributed by atoms with van der Waals surface area (Å²) in [5, 5.41) is 23.0. The Morgan fingerprint density at radius 1 is 0.509 bits per heavy atom. The highest BCUT2D eigenvalue weighted by Crippen LogP contribution is 2.14. The van der Waals surface area contributed by atoms with Crippen LogP contribution in [-0.4, -0.2) is 47.4 Å². The normalized spacial score (nSPS) is 13.0. The van der Waals surface area contributed by atoms with Crippen molar-refractivity contribution in [1.29, 1.82) is 0 Å². The highest BCUT2D eigenvalue weighted by molar-refractivity contribution is 5.76. The van der Waals surface area contributed by atoms with Gasteiger partial charge in [0, 0.05) is 12.8 Å². The third kappa shape index (κ3) is 41.5. The Labute approximate surface area is 341 Å². The summed E-state index contributed by atoms with van der Waals surface area (Å²) < 4.78 is 5.44. The van der Waals surface area contributed by atoms with E-state index in [0.717, 1.165) is 83.5 Å². The van der Waals surface area contributed by atoms with Crippen LogP contribution in [0.3, 0.4) is 0 Å². The molecule has 0 rings (SSSR count). The number of hydrogen-bond donors (Lipinski definition) is 3. The van der Waals surface area contributed by atoms with Gasteiger partial charge in [-0.25, -0.2) is 0 Å². The molecule has 0 aromatic heterocycles. The van der Waals surface area contributed by atoms with Crippen molar-refractivity contribution in [3.63, 3.8) is 0 Å². The number of hydrogen-bond acceptors (Lipinski definition) is 5. The topological polar surface area (TPSA) is 95.9 Å². The van der Waals surface area contributed by atoms with Crippen molar-refractivity contribution in [2.45, 2.75) is 251 Å². The predicted octanol–water partition coefficient (Wildman–Crippen LogP) is 13.7. The summed E-state index contributed by atoms with van der Waals surface area (Å²) in [5.74, 6) is -0.0970. The Morgan fingerprint density at radius 2 is 0.909 bits per heavy atom. The molecule has 0 aromatic rings. The molecular formula is C49H91NO5. The van der Waals surface area contributed by atoms with Crippen LogP contribution < -0.4 is 5.32 Å². The fraction of sp³-hybridized carbons (Fsp3) is 0.837. The van der Waals surface area contributed by atoms with Gasteiger partial charge >= 0.3 is 5.97 Å². The zero-order valence-electron chi connectivity index (χ0n) is 36.4. The van der Waals surface area contributed by atoms with Gasteiger partial charge in [0.2, 0.25) is 5.91 Å². The summed E-state index contributed by atoms with van der Waals surface area (Å²) >= 11 is 0. The van der Waals surface area contributed by atoms with Gasteiger partial charge in [-0.05, 0) is 83.5 Å². The maximum atomic E-state index is 12.4. The van der Waals surface area contributed by atoms with Crippen LogP contribution in [0.2, 0.25) is 0 Å². The minimum absolute atomic E-state index is 0.0272. The van der Waals surface area contributed by atoms with Crippen molar-refractivity contribution in [3.05, 3.63) is 36.5 Å². The van der Waals surface area contributed by atoms with Crippen LogP contribution in [0.4, 0.5) is 0 Å². The second-order valence-electron chi connectivity index (χ2n) is 16.1. The number of unbranched alkanes of at least 4 members (excludes halogenated alkanes) is 26. The Balaban J connectivity index is 3.50. The van der Waals surface area contributed by atoms with Gasteiger partial charge in [0.1, 0.15) is 0 Å². The molecule has 6 nitrogen and oxygen atoms in total. The van der Waals surface area contributed by atoms with Gasteiger partial charge in [-0.15, -0.1) is 0 Å². The average Bonchev–Trinajstić information content (AvgIpc) is 3.18. The molecule has 0 saturated heterocycles. The standard InChI is InChI=1S/C49H91NO5/c1-3-5-7-9-11-13-14-15-16-17-20-23-27-31-35-39-43-49(54)55-44-40-36-32-28-24-21-18-19-22-26-30-34-38-42-48(53)50-46(45-51)47(52)41-37-33-29-25-12-10-8-6-4-2/h13-14,16-17,19,22,46-47,51-52H,3-12,15,18,20-21,23-45H2,1-2H3,(H,50,53)/b14-13-,17-16-,22-19-. The van der Waals surface area contributed by atoms with E-state index in [2.05, 4.69) is 55.6 Å². The monoisotopic (exact) mass is 774 g/mol. The van der Waals surface area contributed by atoms with Crippen LogP contribution in [0.25, 0.3) is 0 Å². The molecule has 0 saturated carbocycles. The number of amides is 1. The van der Waals surface area contributed by atoms with E-state index in [4.69, 9.17) is 4.74 Å². The Hall–Kier alpha value is -1.92. The van der Waals surface area contributed by atoms with E-state index in [1.165, 1.54) is 122 Å². The molecule has 0 spiro atoms. The third-order valence-electron chi connectivity index (χ3n) is 10.7. The molecular weight excluding hydrogens is 683 g/mol. The SMILES string of the molecule is CCCCCC/C=C\C/C=C\CCCCCCCC(=O)OCCCCCCCC/C=C\CCCCCC(=O)NC(CO)C(O)CCCCCCCCCCC. The lowest BCUT2D eigenvalue weighted by Crippen LogP contribution is -2.45. The number of rotatable bonds is 43. The zero-order chi connectivity index (χ0) is 40.1. The van der Waals surface area contributed by atoms with Crippen molar-refractivity contribution in [1.82, 2.24) is 5.32 Å². The molecule has 3 N–H and O–H groups in total. The summed E-state index contributed by atoms with van der Waals surface area (Å²) in [5.41, 5.74) is 0. The quantitative estimate of drug-likeness (QED) is 0.0326. The molecule has 0 aliphatic carbocycles. The smallest absolute Gasteiger partial charge is 0.305 e. The summed E-state index contributed by atoms with van der Waals surface area (Å²) in [4.78, 5) is 24.4. The lowest BCUT2D eigenvalue weighted by molar-refractivity contribution is -0.143. The van der Waals surface area contributed by atoms with Crippen LogP contribution >= 0.6 is 0 Å². The Morgan fingerprint density at radius 3 is 1.44 bits per heavy atom. The molecule has 0 bridgehead atoms. The number of aliphatic hydroxyl groups excluding tert-OH is 2. The van der Waals surface area contributed by atoms with Gasteiger partial charge in [0.05, 0.1) is 25.4 Å². The molecule has 0 radical (unpaired) electrons. The number of allylic oxidation sites excluding steroid dienone is 6. The maximum absolute atomic E-state index is 12.4. The van der Waals surface area contributed by atoms with E-state index in [1.807, 2.05) is 0 Å². The Kier molecular flexibility index (Phi) is 43.2. The molecule has 0 heterocycles. The summed E-state index contributed by atoms with van der Waals surface area (Å²) in [6.45, 7) is 4.85. The highest BCUT2D eigenvalue weighted by atomic mass is 16.5. The number of aliphatic hydroxyl groups is 2.